The second-order valence-electron chi connectivity index (χ2n) is 6.11. The van der Waals surface area contributed by atoms with Crippen LogP contribution in [0.2, 0.25) is 0 Å². The van der Waals surface area contributed by atoms with Crippen LogP contribution in [0.1, 0.15) is 46.1 Å². The fourth-order valence-corrected chi connectivity index (χ4v) is 3.44. The predicted octanol–water partition coefficient (Wildman–Crippen LogP) is 4.37. The van der Waals surface area contributed by atoms with Gasteiger partial charge in [-0.3, -0.25) is 0 Å². The molecule has 1 N–H and O–H groups in total. The molecule has 2 unspecified atom stereocenters. The fourth-order valence-electron chi connectivity index (χ4n) is 3.04. The van der Waals surface area contributed by atoms with Gasteiger partial charge in [0.1, 0.15) is 0 Å². The lowest BCUT2D eigenvalue weighted by molar-refractivity contribution is 0.276. The first-order chi connectivity index (χ1) is 9.53. The zero-order valence-electron chi connectivity index (χ0n) is 13.2. The SMILES string of the molecule is CCc1cc(Br)ccc1N1CC(C)(CC)NCC1CC. The van der Waals surface area contributed by atoms with Gasteiger partial charge in [-0.1, -0.05) is 36.7 Å². The van der Waals surface area contributed by atoms with Crippen LogP contribution in [0.15, 0.2) is 22.7 Å². The Morgan fingerprint density at radius 1 is 1.35 bits per heavy atom. The lowest BCUT2D eigenvalue weighted by atomic mass is 9.91. The Hall–Kier alpha value is -0.540. The van der Waals surface area contributed by atoms with E-state index in [4.69, 9.17) is 0 Å². The van der Waals surface area contributed by atoms with Gasteiger partial charge in [-0.2, -0.15) is 0 Å². The van der Waals surface area contributed by atoms with Crippen LogP contribution in [0.25, 0.3) is 0 Å². The molecule has 1 aromatic rings. The van der Waals surface area contributed by atoms with E-state index >= 15 is 0 Å². The number of hydrogen-bond acceptors (Lipinski definition) is 2. The zero-order chi connectivity index (χ0) is 14.8. The molecule has 1 fully saturated rings. The van der Waals surface area contributed by atoms with Crippen LogP contribution >= 0.6 is 15.9 Å². The first kappa shape index (κ1) is 15.8. The van der Waals surface area contributed by atoms with Gasteiger partial charge in [0, 0.05) is 34.8 Å². The molecule has 20 heavy (non-hydrogen) atoms. The Labute approximate surface area is 132 Å². The Morgan fingerprint density at radius 3 is 2.70 bits per heavy atom. The molecule has 1 heterocycles. The van der Waals surface area contributed by atoms with Crippen molar-refractivity contribution in [1.29, 1.82) is 0 Å². The first-order valence-electron chi connectivity index (χ1n) is 7.83. The van der Waals surface area contributed by atoms with Gasteiger partial charge in [-0.05, 0) is 49.9 Å². The highest BCUT2D eigenvalue weighted by molar-refractivity contribution is 9.10. The standard InChI is InChI=1S/C17H27BrN2/c1-5-13-10-14(18)8-9-16(13)20-12-17(4,7-3)19-11-15(20)6-2/h8-10,15,19H,5-7,11-12H2,1-4H3. The van der Waals surface area contributed by atoms with Gasteiger partial charge in [-0.25, -0.2) is 0 Å². The third kappa shape index (κ3) is 3.20. The molecule has 1 saturated heterocycles. The maximum atomic E-state index is 3.74. The molecule has 0 aromatic heterocycles. The third-order valence-electron chi connectivity index (χ3n) is 4.71. The number of rotatable bonds is 4. The summed E-state index contributed by atoms with van der Waals surface area (Å²) in [5.41, 5.74) is 3.09. The number of hydrogen-bond donors (Lipinski definition) is 1. The van der Waals surface area contributed by atoms with Gasteiger partial charge in [0.25, 0.3) is 0 Å². The number of halogens is 1. The van der Waals surface area contributed by atoms with Crippen molar-refractivity contribution >= 4 is 21.6 Å². The molecule has 112 valence electrons. The highest BCUT2D eigenvalue weighted by atomic mass is 79.9. The van der Waals surface area contributed by atoms with Crippen LogP contribution < -0.4 is 10.2 Å². The Bertz CT molecular complexity index is 460. The molecule has 1 aliphatic heterocycles. The molecule has 2 nitrogen and oxygen atoms in total. The average Bonchev–Trinajstić information content (AvgIpc) is 2.47. The molecule has 2 rings (SSSR count). The van der Waals surface area contributed by atoms with Gasteiger partial charge < -0.3 is 10.2 Å². The van der Waals surface area contributed by atoms with Crippen LogP contribution in [-0.4, -0.2) is 24.7 Å². The van der Waals surface area contributed by atoms with Crippen molar-refractivity contribution in [1.82, 2.24) is 5.32 Å². The molecule has 1 aliphatic rings. The van der Waals surface area contributed by atoms with E-state index in [1.165, 1.54) is 22.1 Å². The fraction of sp³-hybridized carbons (Fsp3) is 0.647. The summed E-state index contributed by atoms with van der Waals surface area (Å²) in [6.07, 6.45) is 3.43. The van der Waals surface area contributed by atoms with Crippen molar-refractivity contribution in [2.75, 3.05) is 18.0 Å². The summed E-state index contributed by atoms with van der Waals surface area (Å²) in [5, 5.41) is 3.74. The number of nitrogens with zero attached hydrogens (tertiary/aromatic N) is 1. The molecule has 0 aliphatic carbocycles. The summed E-state index contributed by atoms with van der Waals surface area (Å²) >= 11 is 3.60. The van der Waals surface area contributed by atoms with E-state index in [9.17, 15) is 0 Å². The maximum absolute atomic E-state index is 3.74. The minimum absolute atomic E-state index is 0.226. The van der Waals surface area contributed by atoms with Crippen molar-refractivity contribution in [2.45, 2.75) is 58.5 Å². The van der Waals surface area contributed by atoms with Gasteiger partial charge in [0.05, 0.1) is 0 Å². The highest BCUT2D eigenvalue weighted by Gasteiger charge is 2.34. The van der Waals surface area contributed by atoms with Gasteiger partial charge in [0.15, 0.2) is 0 Å². The van der Waals surface area contributed by atoms with Crippen LogP contribution in [0.3, 0.4) is 0 Å². The largest absolute Gasteiger partial charge is 0.365 e. The first-order valence-corrected chi connectivity index (χ1v) is 8.62. The predicted molar refractivity (Wildman–Crippen MR) is 91.6 cm³/mol. The monoisotopic (exact) mass is 338 g/mol. The number of aryl methyl sites for hydroxylation is 1. The highest BCUT2D eigenvalue weighted by Crippen LogP contribution is 2.31. The summed E-state index contributed by atoms with van der Waals surface area (Å²) in [6.45, 7) is 11.3. The van der Waals surface area contributed by atoms with Gasteiger partial charge in [-0.15, -0.1) is 0 Å². The van der Waals surface area contributed by atoms with E-state index < -0.39 is 0 Å². The zero-order valence-corrected chi connectivity index (χ0v) is 14.8. The normalized spacial score (nSPS) is 26.9. The summed E-state index contributed by atoms with van der Waals surface area (Å²) < 4.78 is 1.18. The molecule has 2 atom stereocenters. The molecule has 0 spiro atoms. The van der Waals surface area contributed by atoms with Crippen LogP contribution in [-0.2, 0) is 6.42 Å². The summed E-state index contributed by atoms with van der Waals surface area (Å²) in [6, 6.07) is 7.33. The molecule has 1 aromatic carbocycles. The average molecular weight is 339 g/mol. The minimum atomic E-state index is 0.226. The second-order valence-corrected chi connectivity index (χ2v) is 7.03. The van der Waals surface area contributed by atoms with E-state index in [1.54, 1.807) is 0 Å². The Kier molecular flexibility index (Phi) is 5.14. The molecule has 0 bridgehead atoms. The molecular formula is C17H27BrN2. The van der Waals surface area contributed by atoms with Crippen molar-refractivity contribution in [3.63, 3.8) is 0 Å². The van der Waals surface area contributed by atoms with Gasteiger partial charge >= 0.3 is 0 Å². The summed E-state index contributed by atoms with van der Waals surface area (Å²) in [7, 11) is 0. The van der Waals surface area contributed by atoms with Crippen LogP contribution in [0.4, 0.5) is 5.69 Å². The van der Waals surface area contributed by atoms with Crippen molar-refractivity contribution in [3.8, 4) is 0 Å². The number of benzene rings is 1. The number of piperazine rings is 1. The second kappa shape index (κ2) is 6.48. The Balaban J connectivity index is 2.36. The summed E-state index contributed by atoms with van der Waals surface area (Å²) in [5.74, 6) is 0. The maximum Gasteiger partial charge on any atom is 0.0413 e. The lowest BCUT2D eigenvalue weighted by Crippen LogP contribution is -2.63. The van der Waals surface area contributed by atoms with Crippen molar-refractivity contribution in [2.24, 2.45) is 0 Å². The molecular weight excluding hydrogens is 312 g/mol. The smallest absolute Gasteiger partial charge is 0.0413 e. The van der Waals surface area contributed by atoms with E-state index in [1.807, 2.05) is 0 Å². The number of anilines is 1. The minimum Gasteiger partial charge on any atom is -0.365 e. The van der Waals surface area contributed by atoms with E-state index in [2.05, 4.69) is 72.0 Å². The molecule has 3 heteroatoms. The molecule has 0 amide bonds. The van der Waals surface area contributed by atoms with E-state index in [-0.39, 0.29) is 5.54 Å². The van der Waals surface area contributed by atoms with E-state index in [0.29, 0.717) is 6.04 Å². The number of nitrogens with one attached hydrogen (secondary N) is 1. The van der Waals surface area contributed by atoms with Crippen molar-refractivity contribution in [3.05, 3.63) is 28.2 Å². The van der Waals surface area contributed by atoms with Gasteiger partial charge in [0.2, 0.25) is 0 Å². The van der Waals surface area contributed by atoms with Crippen LogP contribution in [0.5, 0.6) is 0 Å². The molecule has 0 radical (unpaired) electrons. The molecule has 0 saturated carbocycles. The third-order valence-corrected chi connectivity index (χ3v) is 5.20. The topological polar surface area (TPSA) is 15.3 Å². The quantitative estimate of drug-likeness (QED) is 0.876. The van der Waals surface area contributed by atoms with E-state index in [0.717, 1.165) is 25.9 Å². The lowest BCUT2D eigenvalue weighted by Gasteiger charge is -2.47. The van der Waals surface area contributed by atoms with Crippen LogP contribution in [0, 0.1) is 0 Å². The Morgan fingerprint density at radius 2 is 2.10 bits per heavy atom. The van der Waals surface area contributed by atoms with Crippen molar-refractivity contribution < 1.29 is 0 Å². The summed E-state index contributed by atoms with van der Waals surface area (Å²) in [4.78, 5) is 2.63.